The second-order valence-electron chi connectivity index (χ2n) is 5.95. The van der Waals surface area contributed by atoms with Crippen LogP contribution in [0.4, 0.5) is 5.69 Å². The van der Waals surface area contributed by atoms with Crippen molar-refractivity contribution in [3.63, 3.8) is 0 Å². The van der Waals surface area contributed by atoms with Crippen LogP contribution in [0.1, 0.15) is 37.8 Å². The van der Waals surface area contributed by atoms with Gasteiger partial charge in [-0.05, 0) is 31.7 Å². The lowest BCUT2D eigenvalue weighted by Gasteiger charge is -2.30. The maximum Gasteiger partial charge on any atom is 0.269 e. The number of halogens is 1. The number of hydrogen-bond donors (Lipinski definition) is 1. The third-order valence-corrected chi connectivity index (χ3v) is 4.67. The average molecular weight is 312 g/mol. The zero-order valence-electron chi connectivity index (χ0n) is 12.2. The Labute approximate surface area is 131 Å². The minimum Gasteiger partial charge on any atom is -0.310 e. The fourth-order valence-corrected chi connectivity index (χ4v) is 3.43. The van der Waals surface area contributed by atoms with Crippen molar-refractivity contribution in [2.24, 2.45) is 0 Å². The van der Waals surface area contributed by atoms with E-state index in [1.807, 2.05) is 6.07 Å². The number of rotatable bonds is 3. The van der Waals surface area contributed by atoms with Gasteiger partial charge >= 0.3 is 0 Å². The molecule has 0 radical (unpaired) electrons. The second-order valence-corrected chi connectivity index (χ2v) is 5.95. The summed E-state index contributed by atoms with van der Waals surface area (Å²) >= 11 is 0. The van der Waals surface area contributed by atoms with Gasteiger partial charge in [-0.2, -0.15) is 0 Å². The minimum atomic E-state index is -0.317. The van der Waals surface area contributed by atoms with Gasteiger partial charge in [0.2, 0.25) is 0 Å². The first-order valence-corrected chi connectivity index (χ1v) is 7.38. The number of nitrogens with zero attached hydrogens (tertiary/aromatic N) is 2. The highest BCUT2D eigenvalue weighted by atomic mass is 35.5. The van der Waals surface area contributed by atoms with Crippen molar-refractivity contribution in [2.45, 2.75) is 44.3 Å². The lowest BCUT2D eigenvalue weighted by Crippen LogP contribution is -2.36. The Balaban J connectivity index is 0.00000161. The molecule has 2 heterocycles. The molecule has 2 fully saturated rings. The molecule has 0 aromatic heterocycles. The average Bonchev–Trinajstić information content (AvgIpc) is 2.78. The number of fused-ring (bicyclic) bond motifs is 2. The molecular formula is C15H22ClN3O2. The molecule has 0 aliphatic carbocycles. The van der Waals surface area contributed by atoms with Crippen molar-refractivity contribution in [3.05, 3.63) is 39.9 Å². The van der Waals surface area contributed by atoms with Crippen LogP contribution in [0.5, 0.6) is 0 Å². The summed E-state index contributed by atoms with van der Waals surface area (Å²) in [6.45, 7) is 4.26. The van der Waals surface area contributed by atoms with Crippen LogP contribution in [-0.4, -0.2) is 35.0 Å². The zero-order valence-corrected chi connectivity index (χ0v) is 13.0. The molecule has 6 heteroatoms. The second kappa shape index (κ2) is 6.73. The molecule has 2 bridgehead atoms. The summed E-state index contributed by atoms with van der Waals surface area (Å²) in [6.07, 6.45) is 3.72. The number of benzene rings is 1. The zero-order chi connectivity index (χ0) is 14.1. The Kier molecular flexibility index (Phi) is 5.19. The number of nitro groups is 1. The molecule has 3 rings (SSSR count). The van der Waals surface area contributed by atoms with E-state index in [0.29, 0.717) is 12.1 Å². The topological polar surface area (TPSA) is 58.4 Å². The van der Waals surface area contributed by atoms with Gasteiger partial charge < -0.3 is 5.32 Å². The molecule has 21 heavy (non-hydrogen) atoms. The van der Waals surface area contributed by atoms with Gasteiger partial charge in [0.15, 0.2) is 0 Å². The van der Waals surface area contributed by atoms with E-state index in [9.17, 15) is 10.1 Å². The van der Waals surface area contributed by atoms with Gasteiger partial charge in [0.25, 0.3) is 5.69 Å². The van der Waals surface area contributed by atoms with Crippen LogP contribution in [-0.2, 0) is 0 Å². The monoisotopic (exact) mass is 311 g/mol. The van der Waals surface area contributed by atoms with E-state index >= 15 is 0 Å². The van der Waals surface area contributed by atoms with Gasteiger partial charge in [0.1, 0.15) is 0 Å². The molecule has 1 N–H and O–H groups in total. The van der Waals surface area contributed by atoms with E-state index in [-0.39, 0.29) is 29.1 Å². The molecular weight excluding hydrogens is 290 g/mol. The van der Waals surface area contributed by atoms with Crippen molar-refractivity contribution >= 4 is 18.1 Å². The van der Waals surface area contributed by atoms with Crippen LogP contribution in [0, 0.1) is 10.1 Å². The Bertz CT molecular complexity index is 511. The third-order valence-electron chi connectivity index (χ3n) is 4.67. The summed E-state index contributed by atoms with van der Waals surface area (Å²) in [5.74, 6) is 0. The Morgan fingerprint density at radius 3 is 2.86 bits per heavy atom. The molecule has 2 aliphatic heterocycles. The molecule has 5 nitrogen and oxygen atoms in total. The van der Waals surface area contributed by atoms with Gasteiger partial charge in [-0.3, -0.25) is 15.0 Å². The van der Waals surface area contributed by atoms with Crippen LogP contribution in [0.15, 0.2) is 24.3 Å². The molecule has 3 unspecified atom stereocenters. The van der Waals surface area contributed by atoms with Crippen molar-refractivity contribution in [1.82, 2.24) is 10.2 Å². The number of nitro benzene ring substituents is 1. The highest BCUT2D eigenvalue weighted by molar-refractivity contribution is 5.85. The first-order valence-electron chi connectivity index (χ1n) is 7.38. The van der Waals surface area contributed by atoms with Crippen LogP contribution in [0.25, 0.3) is 0 Å². The summed E-state index contributed by atoms with van der Waals surface area (Å²) in [5.41, 5.74) is 1.22. The number of likely N-dealkylation sites (tertiary alicyclic amines) is 1. The summed E-state index contributed by atoms with van der Waals surface area (Å²) in [6, 6.07) is 8.53. The molecule has 3 atom stereocenters. The number of nitrogens with one attached hydrogen (secondary N) is 1. The summed E-state index contributed by atoms with van der Waals surface area (Å²) in [4.78, 5) is 13.0. The quantitative estimate of drug-likeness (QED) is 0.689. The predicted octanol–water partition coefficient (Wildman–Crippen LogP) is 2.90. The van der Waals surface area contributed by atoms with E-state index in [1.165, 1.54) is 19.3 Å². The Hall–Kier alpha value is -1.17. The van der Waals surface area contributed by atoms with Gasteiger partial charge in [-0.25, -0.2) is 0 Å². The van der Waals surface area contributed by atoms with Crippen LogP contribution in [0.3, 0.4) is 0 Å². The van der Waals surface area contributed by atoms with Crippen molar-refractivity contribution in [3.8, 4) is 0 Å². The van der Waals surface area contributed by atoms with Gasteiger partial charge in [-0.1, -0.05) is 12.1 Å². The smallest absolute Gasteiger partial charge is 0.269 e. The summed E-state index contributed by atoms with van der Waals surface area (Å²) < 4.78 is 0. The molecule has 1 aromatic rings. The van der Waals surface area contributed by atoms with Crippen molar-refractivity contribution in [2.75, 3.05) is 13.1 Å². The minimum absolute atomic E-state index is 0. The van der Waals surface area contributed by atoms with Crippen LogP contribution >= 0.6 is 12.4 Å². The van der Waals surface area contributed by atoms with Crippen LogP contribution < -0.4 is 5.32 Å². The number of hydrogen-bond acceptors (Lipinski definition) is 4. The molecule has 0 spiro atoms. The van der Waals surface area contributed by atoms with E-state index < -0.39 is 0 Å². The first-order chi connectivity index (χ1) is 9.63. The fraction of sp³-hybridized carbons (Fsp3) is 0.600. The normalized spacial score (nSPS) is 26.7. The summed E-state index contributed by atoms with van der Waals surface area (Å²) in [5, 5.41) is 14.6. The molecule has 1 aromatic carbocycles. The molecule has 2 aliphatic rings. The fourth-order valence-electron chi connectivity index (χ4n) is 3.43. The molecule has 0 amide bonds. The highest BCUT2D eigenvalue weighted by Crippen LogP contribution is 2.28. The molecule has 2 saturated heterocycles. The van der Waals surface area contributed by atoms with Crippen molar-refractivity contribution in [1.29, 1.82) is 0 Å². The predicted molar refractivity (Wildman–Crippen MR) is 84.9 cm³/mol. The highest BCUT2D eigenvalue weighted by Gasteiger charge is 2.31. The van der Waals surface area contributed by atoms with Gasteiger partial charge in [0.05, 0.1) is 4.92 Å². The SMILES string of the molecule is CC(c1cccc([N+](=O)[O-])c1)N1CCC2CCC(C1)N2.Cl. The largest absolute Gasteiger partial charge is 0.310 e. The van der Waals surface area contributed by atoms with Crippen LogP contribution in [0.2, 0.25) is 0 Å². The maximum absolute atomic E-state index is 10.9. The van der Waals surface area contributed by atoms with E-state index in [4.69, 9.17) is 0 Å². The van der Waals surface area contributed by atoms with Crippen molar-refractivity contribution < 1.29 is 4.92 Å². The Morgan fingerprint density at radius 2 is 2.10 bits per heavy atom. The van der Waals surface area contributed by atoms with Gasteiger partial charge in [0, 0.05) is 43.3 Å². The molecule has 116 valence electrons. The maximum atomic E-state index is 10.9. The van der Waals surface area contributed by atoms with Gasteiger partial charge in [-0.15, -0.1) is 12.4 Å². The standard InChI is InChI=1S/C15H21N3O2.ClH/c1-11(12-3-2-4-15(9-12)18(19)20)17-8-7-13-5-6-14(10-17)16-13;/h2-4,9,11,13-14,16H,5-8,10H2,1H3;1H. The first kappa shape index (κ1) is 16.2. The number of non-ortho nitro benzene ring substituents is 1. The Morgan fingerprint density at radius 1 is 1.33 bits per heavy atom. The lowest BCUT2D eigenvalue weighted by atomic mass is 10.0. The summed E-state index contributed by atoms with van der Waals surface area (Å²) in [7, 11) is 0. The third kappa shape index (κ3) is 3.54. The lowest BCUT2D eigenvalue weighted by molar-refractivity contribution is -0.384. The van der Waals surface area contributed by atoms with E-state index in [0.717, 1.165) is 18.7 Å². The van der Waals surface area contributed by atoms with E-state index in [2.05, 4.69) is 17.1 Å². The molecule has 0 saturated carbocycles. The van der Waals surface area contributed by atoms with E-state index in [1.54, 1.807) is 18.2 Å².